The molecule has 1 atom stereocenters. The number of hydrogen-bond acceptors (Lipinski definition) is 1. The summed E-state index contributed by atoms with van der Waals surface area (Å²) in [6.45, 7) is 4.32. The fourth-order valence-corrected chi connectivity index (χ4v) is 1.91. The van der Waals surface area contributed by atoms with Gasteiger partial charge in [-0.15, -0.1) is 6.58 Å². The van der Waals surface area contributed by atoms with E-state index in [0.717, 1.165) is 12.8 Å². The first-order chi connectivity index (χ1) is 7.33. The van der Waals surface area contributed by atoms with Gasteiger partial charge < -0.3 is 5.32 Å². The summed E-state index contributed by atoms with van der Waals surface area (Å²) in [5.74, 6) is 0.224. The van der Waals surface area contributed by atoms with E-state index < -0.39 is 0 Å². The number of benzene rings is 1. The Bertz CT molecular complexity index is 384. The summed E-state index contributed by atoms with van der Waals surface area (Å²) in [7, 11) is 0. The zero-order chi connectivity index (χ0) is 10.7. The van der Waals surface area contributed by atoms with Gasteiger partial charge in [-0.2, -0.15) is 0 Å². The molecule has 0 radical (unpaired) electrons. The minimum absolute atomic E-state index is 0.0750. The summed E-state index contributed by atoms with van der Waals surface area (Å²) >= 11 is 0. The van der Waals surface area contributed by atoms with Crippen molar-refractivity contribution >= 4 is 5.91 Å². The van der Waals surface area contributed by atoms with Crippen LogP contribution in [0.3, 0.4) is 0 Å². The van der Waals surface area contributed by atoms with Gasteiger partial charge in [0.05, 0.1) is 5.92 Å². The molecular weight excluding hydrogens is 186 g/mol. The van der Waals surface area contributed by atoms with Crippen molar-refractivity contribution in [2.45, 2.75) is 18.8 Å². The molecule has 0 saturated carbocycles. The number of fused-ring (bicyclic) bond motifs is 1. The normalized spacial score (nSPS) is 17.5. The Labute approximate surface area is 90.0 Å². The van der Waals surface area contributed by atoms with E-state index in [1.807, 2.05) is 24.3 Å². The maximum absolute atomic E-state index is 11.7. The van der Waals surface area contributed by atoms with Crippen molar-refractivity contribution in [3.8, 4) is 0 Å². The van der Waals surface area contributed by atoms with Crippen molar-refractivity contribution in [2.75, 3.05) is 6.54 Å². The molecule has 1 aromatic carbocycles. The van der Waals surface area contributed by atoms with Crippen LogP contribution in [0.25, 0.3) is 0 Å². The van der Waals surface area contributed by atoms with Crippen LogP contribution in [-0.4, -0.2) is 12.5 Å². The highest BCUT2D eigenvalue weighted by Gasteiger charge is 2.31. The molecule has 1 amide bonds. The molecule has 2 heteroatoms. The second-order valence-corrected chi connectivity index (χ2v) is 3.82. The zero-order valence-electron chi connectivity index (χ0n) is 8.70. The van der Waals surface area contributed by atoms with E-state index in [2.05, 4.69) is 18.0 Å². The summed E-state index contributed by atoms with van der Waals surface area (Å²) in [4.78, 5) is 11.7. The lowest BCUT2D eigenvalue weighted by atomic mass is 9.77. The number of nitrogens with one attached hydrogen (secondary N) is 1. The maximum Gasteiger partial charge on any atom is 0.227 e. The highest BCUT2D eigenvalue weighted by atomic mass is 16.1. The van der Waals surface area contributed by atoms with Crippen molar-refractivity contribution in [2.24, 2.45) is 0 Å². The van der Waals surface area contributed by atoms with Crippen LogP contribution in [0.4, 0.5) is 0 Å². The molecule has 0 spiro atoms. The third-order valence-corrected chi connectivity index (χ3v) is 2.82. The van der Waals surface area contributed by atoms with Gasteiger partial charge in [0.25, 0.3) is 0 Å². The Hall–Kier alpha value is -1.57. The first-order valence-electron chi connectivity index (χ1n) is 5.29. The number of carbonyl (C=O) groups is 1. The van der Waals surface area contributed by atoms with Crippen LogP contribution in [0, 0.1) is 0 Å². The summed E-state index contributed by atoms with van der Waals surface area (Å²) in [5.41, 5.74) is 2.50. The van der Waals surface area contributed by atoms with Crippen LogP contribution in [-0.2, 0) is 11.2 Å². The summed E-state index contributed by atoms with van der Waals surface area (Å²) < 4.78 is 0. The fourth-order valence-electron chi connectivity index (χ4n) is 1.91. The summed E-state index contributed by atoms with van der Waals surface area (Å²) in [5, 5.41) is 2.92. The molecule has 0 aliphatic heterocycles. The quantitative estimate of drug-likeness (QED) is 0.586. The molecule has 78 valence electrons. The second-order valence-electron chi connectivity index (χ2n) is 3.82. The van der Waals surface area contributed by atoms with Gasteiger partial charge in [0.15, 0.2) is 0 Å². The van der Waals surface area contributed by atoms with Gasteiger partial charge in [0.2, 0.25) is 5.91 Å². The predicted octanol–water partition coefficient (Wildman–Crippen LogP) is 2.02. The smallest absolute Gasteiger partial charge is 0.227 e. The first-order valence-corrected chi connectivity index (χ1v) is 5.29. The topological polar surface area (TPSA) is 29.1 Å². The van der Waals surface area contributed by atoms with Gasteiger partial charge in [-0.1, -0.05) is 30.3 Å². The predicted molar refractivity (Wildman–Crippen MR) is 60.7 cm³/mol. The minimum atomic E-state index is 0.0750. The van der Waals surface area contributed by atoms with E-state index in [0.29, 0.717) is 6.54 Å². The number of amides is 1. The number of hydrogen-bond donors (Lipinski definition) is 1. The molecule has 0 fully saturated rings. The van der Waals surface area contributed by atoms with Crippen molar-refractivity contribution in [1.82, 2.24) is 5.32 Å². The van der Waals surface area contributed by atoms with Gasteiger partial charge in [0.1, 0.15) is 0 Å². The van der Waals surface area contributed by atoms with Gasteiger partial charge >= 0.3 is 0 Å². The molecule has 15 heavy (non-hydrogen) atoms. The molecule has 1 aliphatic carbocycles. The maximum atomic E-state index is 11.7. The van der Waals surface area contributed by atoms with Crippen LogP contribution in [0.1, 0.15) is 23.5 Å². The Morgan fingerprint density at radius 3 is 3.07 bits per heavy atom. The average Bonchev–Trinajstić information content (AvgIpc) is 2.20. The van der Waals surface area contributed by atoms with Gasteiger partial charge in [-0.3, -0.25) is 4.79 Å². The first kappa shape index (κ1) is 9.97. The molecule has 2 rings (SSSR count). The van der Waals surface area contributed by atoms with Gasteiger partial charge in [-0.05, 0) is 24.0 Å². The third-order valence-electron chi connectivity index (χ3n) is 2.82. The van der Waals surface area contributed by atoms with Crippen LogP contribution in [0.15, 0.2) is 36.9 Å². The zero-order valence-corrected chi connectivity index (χ0v) is 8.70. The summed E-state index contributed by atoms with van der Waals surface area (Å²) in [6.07, 6.45) is 3.53. The van der Waals surface area contributed by atoms with E-state index in [1.165, 1.54) is 11.1 Å². The Kier molecular flexibility index (Phi) is 2.86. The molecule has 0 heterocycles. The van der Waals surface area contributed by atoms with E-state index in [9.17, 15) is 4.79 Å². The van der Waals surface area contributed by atoms with Crippen molar-refractivity contribution < 1.29 is 4.79 Å². The van der Waals surface area contributed by atoms with Crippen LogP contribution in [0.2, 0.25) is 0 Å². The fraction of sp³-hybridized carbons (Fsp3) is 0.308. The van der Waals surface area contributed by atoms with Crippen LogP contribution < -0.4 is 5.32 Å². The lowest BCUT2D eigenvalue weighted by molar-refractivity contribution is -0.123. The second kappa shape index (κ2) is 4.30. The SMILES string of the molecule is C=CCCNC(=O)C1Cc2ccccc21. The molecule has 1 aromatic rings. The molecule has 2 nitrogen and oxygen atoms in total. The third kappa shape index (κ3) is 1.94. The monoisotopic (exact) mass is 201 g/mol. The van der Waals surface area contributed by atoms with Crippen molar-refractivity contribution in [1.29, 1.82) is 0 Å². The number of carbonyl (C=O) groups excluding carboxylic acids is 1. The standard InChI is InChI=1S/C13H15NO/c1-2-3-8-14-13(15)12-9-10-6-4-5-7-11(10)12/h2,4-7,12H,1,3,8-9H2,(H,14,15). The molecule has 1 N–H and O–H groups in total. The molecule has 0 aromatic heterocycles. The molecular formula is C13H15NO. The lowest BCUT2D eigenvalue weighted by Gasteiger charge is -2.28. The minimum Gasteiger partial charge on any atom is -0.355 e. The Morgan fingerprint density at radius 2 is 2.33 bits per heavy atom. The van der Waals surface area contributed by atoms with Crippen LogP contribution in [0.5, 0.6) is 0 Å². The van der Waals surface area contributed by atoms with E-state index in [-0.39, 0.29) is 11.8 Å². The molecule has 0 saturated heterocycles. The average molecular weight is 201 g/mol. The van der Waals surface area contributed by atoms with E-state index >= 15 is 0 Å². The Balaban J connectivity index is 1.92. The highest BCUT2D eigenvalue weighted by molar-refractivity contribution is 5.86. The Morgan fingerprint density at radius 1 is 1.53 bits per heavy atom. The van der Waals surface area contributed by atoms with E-state index in [1.54, 1.807) is 0 Å². The number of rotatable bonds is 4. The summed E-state index contributed by atoms with van der Waals surface area (Å²) in [6, 6.07) is 8.13. The van der Waals surface area contributed by atoms with Crippen molar-refractivity contribution in [3.63, 3.8) is 0 Å². The van der Waals surface area contributed by atoms with Gasteiger partial charge in [-0.25, -0.2) is 0 Å². The molecule has 0 bridgehead atoms. The van der Waals surface area contributed by atoms with Crippen molar-refractivity contribution in [3.05, 3.63) is 48.0 Å². The molecule has 1 aliphatic rings. The largest absolute Gasteiger partial charge is 0.355 e. The molecule has 1 unspecified atom stereocenters. The highest BCUT2D eigenvalue weighted by Crippen LogP contribution is 2.34. The van der Waals surface area contributed by atoms with E-state index in [4.69, 9.17) is 0 Å². The van der Waals surface area contributed by atoms with Gasteiger partial charge in [0, 0.05) is 6.54 Å². The lowest BCUT2D eigenvalue weighted by Crippen LogP contribution is -2.35. The van der Waals surface area contributed by atoms with Crippen LogP contribution >= 0.6 is 0 Å².